The molecule has 1 atom stereocenters. The summed E-state index contributed by atoms with van der Waals surface area (Å²) < 4.78 is 0. The van der Waals surface area contributed by atoms with E-state index in [9.17, 15) is 19.2 Å². The number of anilines is 1. The lowest BCUT2D eigenvalue weighted by molar-refractivity contribution is -0.121. The van der Waals surface area contributed by atoms with E-state index in [1.807, 2.05) is 13.8 Å². The van der Waals surface area contributed by atoms with E-state index < -0.39 is 6.03 Å². The number of hydrogen-bond acceptors (Lipinski definition) is 4. The average Bonchev–Trinajstić information content (AvgIpc) is 2.90. The largest absolute Gasteiger partial charge is 0.351 e. The van der Waals surface area contributed by atoms with Crippen LogP contribution in [0.3, 0.4) is 0 Å². The monoisotopic (exact) mass is 394 g/mol. The second-order valence-corrected chi connectivity index (χ2v) is 6.96. The van der Waals surface area contributed by atoms with Crippen molar-refractivity contribution < 1.29 is 19.2 Å². The van der Waals surface area contributed by atoms with Gasteiger partial charge >= 0.3 is 6.03 Å². The van der Waals surface area contributed by atoms with Gasteiger partial charge in [-0.15, -0.1) is 0 Å². The van der Waals surface area contributed by atoms with Crippen molar-refractivity contribution in [1.29, 1.82) is 0 Å². The number of benzene rings is 2. The van der Waals surface area contributed by atoms with Crippen molar-refractivity contribution >= 4 is 29.4 Å². The summed E-state index contributed by atoms with van der Waals surface area (Å²) >= 11 is 0. The molecule has 0 saturated carbocycles. The SMILES string of the molecule is Cc1ccc2c(c1)C(=O)N(CCC(=O)NC(C)c1ccc(NC(N)=O)cc1)C2=O. The lowest BCUT2D eigenvalue weighted by atomic mass is 10.1. The maximum Gasteiger partial charge on any atom is 0.316 e. The average molecular weight is 394 g/mol. The van der Waals surface area contributed by atoms with Crippen molar-refractivity contribution in [3.8, 4) is 0 Å². The van der Waals surface area contributed by atoms with Gasteiger partial charge in [0.2, 0.25) is 5.91 Å². The van der Waals surface area contributed by atoms with Gasteiger partial charge in [0.05, 0.1) is 17.2 Å². The molecule has 0 spiro atoms. The molecule has 5 amide bonds. The minimum Gasteiger partial charge on any atom is -0.351 e. The van der Waals surface area contributed by atoms with Crippen LogP contribution in [0.5, 0.6) is 0 Å². The van der Waals surface area contributed by atoms with Crippen LogP contribution in [0.2, 0.25) is 0 Å². The molecule has 4 N–H and O–H groups in total. The zero-order chi connectivity index (χ0) is 21.1. The number of rotatable bonds is 6. The van der Waals surface area contributed by atoms with Crippen LogP contribution in [0, 0.1) is 6.92 Å². The zero-order valence-electron chi connectivity index (χ0n) is 16.2. The van der Waals surface area contributed by atoms with Gasteiger partial charge in [0.15, 0.2) is 0 Å². The smallest absolute Gasteiger partial charge is 0.316 e. The van der Waals surface area contributed by atoms with Crippen molar-refractivity contribution in [2.45, 2.75) is 26.3 Å². The van der Waals surface area contributed by atoms with Crippen LogP contribution in [0.25, 0.3) is 0 Å². The van der Waals surface area contributed by atoms with Gasteiger partial charge in [0, 0.05) is 18.7 Å². The molecule has 0 saturated heterocycles. The predicted molar refractivity (Wildman–Crippen MR) is 107 cm³/mol. The Balaban J connectivity index is 1.55. The first-order chi connectivity index (χ1) is 13.8. The van der Waals surface area contributed by atoms with Gasteiger partial charge in [-0.05, 0) is 43.7 Å². The molecule has 8 heteroatoms. The number of carbonyl (C=O) groups is 4. The molecule has 0 aromatic heterocycles. The third-order valence-electron chi connectivity index (χ3n) is 4.74. The predicted octanol–water partition coefficient (Wildman–Crippen LogP) is 2.35. The van der Waals surface area contributed by atoms with Crippen LogP contribution in [0.4, 0.5) is 10.5 Å². The number of nitrogens with zero attached hydrogens (tertiary/aromatic N) is 1. The fourth-order valence-electron chi connectivity index (χ4n) is 3.22. The molecule has 0 aliphatic carbocycles. The first-order valence-corrected chi connectivity index (χ1v) is 9.19. The molecule has 1 heterocycles. The summed E-state index contributed by atoms with van der Waals surface area (Å²) in [6.45, 7) is 3.69. The Morgan fingerprint density at radius 2 is 1.69 bits per heavy atom. The number of amides is 5. The molecule has 150 valence electrons. The second-order valence-electron chi connectivity index (χ2n) is 6.96. The van der Waals surface area contributed by atoms with Crippen LogP contribution in [-0.4, -0.2) is 35.2 Å². The van der Waals surface area contributed by atoms with Crippen LogP contribution in [0.1, 0.15) is 51.2 Å². The Kier molecular flexibility index (Phi) is 5.63. The Morgan fingerprint density at radius 1 is 1.03 bits per heavy atom. The van der Waals surface area contributed by atoms with Crippen molar-refractivity contribution in [3.63, 3.8) is 0 Å². The molecule has 2 aromatic rings. The molecule has 0 radical (unpaired) electrons. The first kappa shape index (κ1) is 20.1. The van der Waals surface area contributed by atoms with Crippen molar-refractivity contribution in [2.24, 2.45) is 5.73 Å². The van der Waals surface area contributed by atoms with E-state index in [1.165, 1.54) is 0 Å². The summed E-state index contributed by atoms with van der Waals surface area (Å²) in [5.41, 5.74) is 8.12. The lowest BCUT2D eigenvalue weighted by Gasteiger charge is -2.17. The van der Waals surface area contributed by atoms with Crippen LogP contribution >= 0.6 is 0 Å². The minimum absolute atomic E-state index is 0.0100. The minimum atomic E-state index is -0.651. The van der Waals surface area contributed by atoms with Crippen molar-refractivity contribution in [2.75, 3.05) is 11.9 Å². The number of hydrogen-bond donors (Lipinski definition) is 3. The Hall–Kier alpha value is -3.68. The van der Waals surface area contributed by atoms with Crippen molar-refractivity contribution in [3.05, 3.63) is 64.7 Å². The number of aryl methyl sites for hydroxylation is 1. The zero-order valence-corrected chi connectivity index (χ0v) is 16.2. The maximum absolute atomic E-state index is 12.5. The summed E-state index contributed by atoms with van der Waals surface area (Å²) in [4.78, 5) is 49.1. The molecule has 0 bridgehead atoms. The highest BCUT2D eigenvalue weighted by molar-refractivity contribution is 6.21. The van der Waals surface area contributed by atoms with Gasteiger partial charge in [-0.1, -0.05) is 23.8 Å². The highest BCUT2D eigenvalue weighted by atomic mass is 16.2. The molecular weight excluding hydrogens is 372 g/mol. The molecule has 8 nitrogen and oxygen atoms in total. The van der Waals surface area contributed by atoms with Gasteiger partial charge in [0.25, 0.3) is 11.8 Å². The van der Waals surface area contributed by atoms with Gasteiger partial charge < -0.3 is 16.4 Å². The maximum atomic E-state index is 12.5. The van der Waals surface area contributed by atoms with E-state index in [4.69, 9.17) is 5.73 Å². The summed E-state index contributed by atoms with van der Waals surface area (Å²) in [5, 5.41) is 5.30. The number of carbonyl (C=O) groups excluding carboxylic acids is 4. The van der Waals surface area contributed by atoms with Crippen LogP contribution in [0.15, 0.2) is 42.5 Å². The van der Waals surface area contributed by atoms with E-state index in [2.05, 4.69) is 10.6 Å². The highest BCUT2D eigenvalue weighted by Gasteiger charge is 2.35. The Morgan fingerprint density at radius 3 is 2.34 bits per heavy atom. The summed E-state index contributed by atoms with van der Waals surface area (Å²) in [5.74, 6) is -1.01. The molecule has 3 rings (SSSR count). The lowest BCUT2D eigenvalue weighted by Crippen LogP contribution is -2.35. The van der Waals surface area contributed by atoms with E-state index in [-0.39, 0.29) is 36.7 Å². The summed E-state index contributed by atoms with van der Waals surface area (Å²) in [7, 11) is 0. The fourth-order valence-corrected chi connectivity index (χ4v) is 3.22. The highest BCUT2D eigenvalue weighted by Crippen LogP contribution is 2.24. The fraction of sp³-hybridized carbons (Fsp3) is 0.238. The van der Waals surface area contributed by atoms with Gasteiger partial charge in [-0.2, -0.15) is 0 Å². The van der Waals surface area contributed by atoms with E-state index in [0.29, 0.717) is 16.8 Å². The van der Waals surface area contributed by atoms with Gasteiger partial charge in [-0.25, -0.2) is 4.79 Å². The quantitative estimate of drug-likeness (QED) is 0.651. The first-order valence-electron chi connectivity index (χ1n) is 9.19. The number of nitrogens with one attached hydrogen (secondary N) is 2. The van der Waals surface area contributed by atoms with Gasteiger partial charge in [-0.3, -0.25) is 19.3 Å². The number of fused-ring (bicyclic) bond motifs is 1. The Bertz CT molecular complexity index is 985. The third-order valence-corrected chi connectivity index (χ3v) is 4.74. The molecule has 29 heavy (non-hydrogen) atoms. The van der Waals surface area contributed by atoms with Gasteiger partial charge in [0.1, 0.15) is 0 Å². The molecule has 1 aliphatic rings. The standard InChI is InChI=1S/C21H22N4O4/c1-12-3-8-16-17(11-12)20(28)25(19(16)27)10-9-18(26)23-13(2)14-4-6-15(7-5-14)24-21(22)29/h3-8,11,13H,9-10H2,1-2H3,(H,23,26)(H3,22,24,29). The normalized spacial score (nSPS) is 13.8. The van der Waals surface area contributed by atoms with Crippen LogP contribution < -0.4 is 16.4 Å². The van der Waals surface area contributed by atoms with Crippen LogP contribution in [-0.2, 0) is 4.79 Å². The second kappa shape index (κ2) is 8.14. The Labute approximate surface area is 168 Å². The number of imide groups is 1. The van der Waals surface area contributed by atoms with E-state index >= 15 is 0 Å². The van der Waals surface area contributed by atoms with E-state index in [0.717, 1.165) is 16.0 Å². The third kappa shape index (κ3) is 4.43. The van der Waals surface area contributed by atoms with E-state index in [1.54, 1.807) is 42.5 Å². The number of nitrogens with two attached hydrogens (primary N) is 1. The molecule has 0 fully saturated rings. The molecule has 2 aromatic carbocycles. The topological polar surface area (TPSA) is 122 Å². The molecule has 1 unspecified atom stereocenters. The molecular formula is C21H22N4O4. The van der Waals surface area contributed by atoms with Crippen molar-refractivity contribution in [1.82, 2.24) is 10.2 Å². The number of primary amides is 1. The summed E-state index contributed by atoms with van der Waals surface area (Å²) in [6, 6.07) is 11.1. The summed E-state index contributed by atoms with van der Waals surface area (Å²) in [6.07, 6.45) is 0.0100. The number of urea groups is 1. The molecule has 1 aliphatic heterocycles.